The summed E-state index contributed by atoms with van der Waals surface area (Å²) in [5.41, 5.74) is -0.489. The van der Waals surface area contributed by atoms with Gasteiger partial charge >= 0.3 is 12.1 Å². The molecule has 1 atom stereocenters. The highest BCUT2D eigenvalue weighted by atomic mass is 19.4. The van der Waals surface area contributed by atoms with Gasteiger partial charge in [0, 0.05) is 25.0 Å². The number of aromatic nitrogens is 4. The number of aryl methyl sites for hydroxylation is 2. The maximum absolute atomic E-state index is 12.6. The van der Waals surface area contributed by atoms with Crippen LogP contribution in [0.15, 0.2) is 18.3 Å². The van der Waals surface area contributed by atoms with Crippen molar-refractivity contribution in [1.82, 2.24) is 24.9 Å². The number of rotatable bonds is 7. The quantitative estimate of drug-likeness (QED) is 0.722. The molecule has 26 heavy (non-hydrogen) atoms. The number of aliphatic carboxylic acids is 1. The molecule has 142 valence electrons. The summed E-state index contributed by atoms with van der Waals surface area (Å²) in [7, 11) is 0. The molecule has 0 bridgehead atoms. The number of halogens is 3. The fourth-order valence-corrected chi connectivity index (χ4v) is 2.30. The Bertz CT molecular complexity index is 797. The van der Waals surface area contributed by atoms with Crippen molar-refractivity contribution < 1.29 is 27.9 Å². The number of nitrogens with zero attached hydrogens (tertiary/aromatic N) is 4. The number of nitrogens with one attached hydrogen (secondary N) is 1. The summed E-state index contributed by atoms with van der Waals surface area (Å²) in [4.78, 5) is 23.1. The molecule has 0 saturated heterocycles. The van der Waals surface area contributed by atoms with Gasteiger partial charge in [0.05, 0.1) is 0 Å². The zero-order valence-corrected chi connectivity index (χ0v) is 14.1. The van der Waals surface area contributed by atoms with E-state index in [-0.39, 0.29) is 18.8 Å². The molecular formula is C15H18F3N5O3. The Labute approximate surface area is 146 Å². The van der Waals surface area contributed by atoms with Crippen LogP contribution in [0.4, 0.5) is 13.2 Å². The molecule has 8 nitrogen and oxygen atoms in total. The molecule has 0 aliphatic carbocycles. The van der Waals surface area contributed by atoms with Crippen molar-refractivity contribution in [2.24, 2.45) is 0 Å². The summed E-state index contributed by atoms with van der Waals surface area (Å²) in [6, 6.07) is 1.35. The molecule has 2 heterocycles. The summed E-state index contributed by atoms with van der Waals surface area (Å²) < 4.78 is 40.1. The summed E-state index contributed by atoms with van der Waals surface area (Å²) in [6.07, 6.45) is -2.82. The Morgan fingerprint density at radius 1 is 1.38 bits per heavy atom. The van der Waals surface area contributed by atoms with Crippen molar-refractivity contribution in [2.75, 3.05) is 6.54 Å². The highest BCUT2D eigenvalue weighted by molar-refractivity contribution is 5.93. The molecule has 0 radical (unpaired) electrons. The van der Waals surface area contributed by atoms with Gasteiger partial charge in [-0.15, -0.1) is 0 Å². The first-order valence-electron chi connectivity index (χ1n) is 7.77. The summed E-state index contributed by atoms with van der Waals surface area (Å²) >= 11 is 0. The van der Waals surface area contributed by atoms with Crippen LogP contribution >= 0.6 is 0 Å². The van der Waals surface area contributed by atoms with Gasteiger partial charge in [-0.25, -0.2) is 9.48 Å². The Morgan fingerprint density at radius 2 is 2.08 bits per heavy atom. The van der Waals surface area contributed by atoms with E-state index in [2.05, 4.69) is 15.5 Å². The van der Waals surface area contributed by atoms with Crippen LogP contribution in [0.3, 0.4) is 0 Å². The van der Waals surface area contributed by atoms with E-state index in [1.807, 2.05) is 0 Å². The van der Waals surface area contributed by atoms with Crippen molar-refractivity contribution >= 4 is 11.9 Å². The summed E-state index contributed by atoms with van der Waals surface area (Å²) in [5.74, 6) is -1.64. The van der Waals surface area contributed by atoms with Crippen molar-refractivity contribution in [1.29, 1.82) is 0 Å². The zero-order chi connectivity index (χ0) is 19.5. The summed E-state index contributed by atoms with van der Waals surface area (Å²) in [6.45, 7) is 3.30. The van der Waals surface area contributed by atoms with Crippen LogP contribution in [0.2, 0.25) is 0 Å². The predicted octanol–water partition coefficient (Wildman–Crippen LogP) is 1.87. The van der Waals surface area contributed by atoms with Gasteiger partial charge in [0.2, 0.25) is 0 Å². The lowest BCUT2D eigenvalue weighted by molar-refractivity contribution is -0.142. The molecule has 0 aliphatic heterocycles. The first kappa shape index (κ1) is 19.5. The number of hydrogen-bond donors (Lipinski definition) is 2. The lowest BCUT2D eigenvalue weighted by atomic mass is 10.3. The van der Waals surface area contributed by atoms with Crippen LogP contribution in [-0.4, -0.2) is 43.1 Å². The fourth-order valence-electron chi connectivity index (χ4n) is 2.30. The third kappa shape index (κ3) is 4.41. The average Bonchev–Trinajstić information content (AvgIpc) is 3.17. The minimum atomic E-state index is -4.50. The van der Waals surface area contributed by atoms with E-state index in [1.54, 1.807) is 0 Å². The van der Waals surface area contributed by atoms with E-state index < -0.39 is 29.8 Å². The molecule has 0 aromatic carbocycles. The normalized spacial score (nSPS) is 12.8. The maximum atomic E-state index is 12.6. The molecule has 2 aromatic rings. The van der Waals surface area contributed by atoms with Gasteiger partial charge in [-0.3, -0.25) is 9.48 Å². The highest BCUT2D eigenvalue weighted by Crippen LogP contribution is 2.28. The standard InChI is InChI=1S/C15H18F3N5O3/c1-9-8-12(15(16,17)18)21-22(9)7-3-5-19-13(24)11-4-6-20-23(11)10(2)14(25)26/h4,6,8,10H,3,5,7H2,1-2H3,(H,19,24)(H,25,26). The smallest absolute Gasteiger partial charge is 0.435 e. The van der Waals surface area contributed by atoms with Gasteiger partial charge in [0.15, 0.2) is 5.69 Å². The minimum Gasteiger partial charge on any atom is -0.480 e. The van der Waals surface area contributed by atoms with Crippen molar-refractivity contribution in [3.63, 3.8) is 0 Å². The van der Waals surface area contributed by atoms with E-state index in [1.165, 1.54) is 30.8 Å². The molecule has 2 rings (SSSR count). The molecule has 2 N–H and O–H groups in total. The van der Waals surface area contributed by atoms with E-state index >= 15 is 0 Å². The number of alkyl halides is 3. The number of carbonyl (C=O) groups excluding carboxylic acids is 1. The Morgan fingerprint density at radius 3 is 2.65 bits per heavy atom. The number of hydrogen-bond acceptors (Lipinski definition) is 4. The lowest BCUT2D eigenvalue weighted by Gasteiger charge is -2.11. The molecule has 1 unspecified atom stereocenters. The molecule has 0 saturated carbocycles. The second-order valence-corrected chi connectivity index (χ2v) is 5.68. The molecule has 11 heteroatoms. The van der Waals surface area contributed by atoms with Crippen LogP contribution in [-0.2, 0) is 17.5 Å². The fraction of sp³-hybridized carbons (Fsp3) is 0.467. The Kier molecular flexibility index (Phi) is 5.68. The Balaban J connectivity index is 1.89. The van der Waals surface area contributed by atoms with Crippen LogP contribution < -0.4 is 5.32 Å². The second kappa shape index (κ2) is 7.58. The van der Waals surface area contributed by atoms with E-state index in [4.69, 9.17) is 5.11 Å². The predicted molar refractivity (Wildman–Crippen MR) is 83.5 cm³/mol. The van der Waals surface area contributed by atoms with E-state index in [0.29, 0.717) is 12.1 Å². The van der Waals surface area contributed by atoms with Crippen LogP contribution in [0.25, 0.3) is 0 Å². The van der Waals surface area contributed by atoms with Gasteiger partial charge in [-0.1, -0.05) is 0 Å². The number of amides is 1. The van der Waals surface area contributed by atoms with Crippen molar-refractivity contribution in [2.45, 2.75) is 39.0 Å². The maximum Gasteiger partial charge on any atom is 0.435 e. The van der Waals surface area contributed by atoms with E-state index in [9.17, 15) is 22.8 Å². The van der Waals surface area contributed by atoms with Gasteiger partial charge in [0.25, 0.3) is 5.91 Å². The SMILES string of the molecule is Cc1cc(C(F)(F)F)nn1CCCNC(=O)c1ccnn1C(C)C(=O)O. The zero-order valence-electron chi connectivity index (χ0n) is 14.1. The molecular weight excluding hydrogens is 355 g/mol. The lowest BCUT2D eigenvalue weighted by Crippen LogP contribution is -2.30. The molecule has 0 aliphatic rings. The largest absolute Gasteiger partial charge is 0.480 e. The highest BCUT2D eigenvalue weighted by Gasteiger charge is 2.34. The average molecular weight is 373 g/mol. The molecule has 0 spiro atoms. The van der Waals surface area contributed by atoms with Crippen molar-refractivity contribution in [3.8, 4) is 0 Å². The first-order valence-corrected chi connectivity index (χ1v) is 7.77. The van der Waals surface area contributed by atoms with E-state index in [0.717, 1.165) is 10.7 Å². The Hall–Kier alpha value is -2.85. The number of carboxylic acid groups (broad SMARTS) is 1. The summed E-state index contributed by atoms with van der Waals surface area (Å²) in [5, 5.41) is 18.9. The van der Waals surface area contributed by atoms with Gasteiger partial charge < -0.3 is 10.4 Å². The van der Waals surface area contributed by atoms with Crippen LogP contribution in [0.1, 0.15) is 41.3 Å². The van der Waals surface area contributed by atoms with Crippen molar-refractivity contribution in [3.05, 3.63) is 35.4 Å². The number of carboxylic acids is 1. The number of carbonyl (C=O) groups is 2. The van der Waals surface area contributed by atoms with Gasteiger partial charge in [-0.2, -0.15) is 23.4 Å². The van der Waals surface area contributed by atoms with Crippen LogP contribution in [0, 0.1) is 6.92 Å². The molecule has 0 fully saturated rings. The minimum absolute atomic E-state index is 0.0922. The third-order valence-corrected chi connectivity index (χ3v) is 3.73. The van der Waals surface area contributed by atoms with Crippen LogP contribution in [0.5, 0.6) is 0 Å². The second-order valence-electron chi connectivity index (χ2n) is 5.68. The van der Waals surface area contributed by atoms with Gasteiger partial charge in [0.1, 0.15) is 11.7 Å². The van der Waals surface area contributed by atoms with Gasteiger partial charge in [-0.05, 0) is 32.4 Å². The molecule has 2 aromatic heterocycles. The first-order chi connectivity index (χ1) is 12.1. The topological polar surface area (TPSA) is 102 Å². The molecule has 1 amide bonds. The third-order valence-electron chi connectivity index (χ3n) is 3.73. The monoisotopic (exact) mass is 373 g/mol.